The number of nitrogens with one attached hydrogen (secondary N) is 3. The minimum atomic E-state index is -0.727. The summed E-state index contributed by atoms with van der Waals surface area (Å²) in [7, 11) is 0. The highest BCUT2D eigenvalue weighted by Crippen LogP contribution is 2.17. The molecule has 1 aromatic carbocycles. The molecule has 0 radical (unpaired) electrons. The second kappa shape index (κ2) is 6.90. The molecule has 2 rings (SSSR count). The van der Waals surface area contributed by atoms with E-state index in [-0.39, 0.29) is 6.54 Å². The molecule has 0 unspecified atom stereocenters. The zero-order valence-electron chi connectivity index (χ0n) is 11.8. The van der Waals surface area contributed by atoms with Crippen molar-refractivity contribution in [2.45, 2.75) is 19.4 Å². The summed E-state index contributed by atoms with van der Waals surface area (Å²) in [6.45, 7) is 1.98. The summed E-state index contributed by atoms with van der Waals surface area (Å²) in [6.07, 6.45) is 1.87. The van der Waals surface area contributed by atoms with Crippen molar-refractivity contribution in [2.75, 3.05) is 13.1 Å². The van der Waals surface area contributed by atoms with Crippen molar-refractivity contribution >= 4 is 22.7 Å². The number of carbonyl (C=O) groups is 2. The molecule has 1 aromatic heterocycles. The fourth-order valence-corrected chi connectivity index (χ4v) is 2.05. The van der Waals surface area contributed by atoms with Crippen molar-refractivity contribution in [2.24, 2.45) is 0 Å². The smallest absolute Gasteiger partial charge is 0.309 e. The number of benzene rings is 1. The Labute approximate surface area is 122 Å². The Balaban J connectivity index is 1.81. The van der Waals surface area contributed by atoms with Gasteiger partial charge in [-0.2, -0.15) is 0 Å². The lowest BCUT2D eigenvalue weighted by molar-refractivity contribution is -0.139. The summed E-state index contributed by atoms with van der Waals surface area (Å²) < 4.78 is 0. The first kappa shape index (κ1) is 15.1. The molecule has 6 nitrogen and oxygen atoms in total. The summed E-state index contributed by atoms with van der Waals surface area (Å²) in [4.78, 5) is 26.1. The van der Waals surface area contributed by atoms with Crippen LogP contribution in [0.3, 0.4) is 0 Å². The molecule has 0 aliphatic rings. The van der Waals surface area contributed by atoms with Gasteiger partial charge in [0.05, 0.1) is 6.10 Å². The molecule has 2 amide bonds. The zero-order valence-corrected chi connectivity index (χ0v) is 11.8. The Morgan fingerprint density at radius 3 is 2.71 bits per heavy atom. The number of H-pyrrole nitrogens is 1. The number of amides is 2. The van der Waals surface area contributed by atoms with Gasteiger partial charge in [0.25, 0.3) is 0 Å². The molecule has 0 aliphatic heterocycles. The predicted octanol–water partition coefficient (Wildman–Crippen LogP) is 0.324. The largest absolute Gasteiger partial charge is 0.392 e. The number of carbonyl (C=O) groups excluding carboxylic acids is 2. The monoisotopic (exact) mass is 289 g/mol. The molecule has 0 saturated carbocycles. The maximum Gasteiger partial charge on any atom is 0.309 e. The molecule has 0 bridgehead atoms. The summed E-state index contributed by atoms with van der Waals surface area (Å²) in [6, 6.07) is 7.91. The van der Waals surface area contributed by atoms with Gasteiger partial charge in [0.2, 0.25) is 0 Å². The number of para-hydroxylation sites is 1. The third-order valence-electron chi connectivity index (χ3n) is 3.12. The van der Waals surface area contributed by atoms with E-state index in [1.807, 2.05) is 30.5 Å². The zero-order chi connectivity index (χ0) is 15.2. The number of aliphatic hydroxyl groups is 1. The normalized spacial score (nSPS) is 12.1. The van der Waals surface area contributed by atoms with Crippen LogP contribution >= 0.6 is 0 Å². The maximum absolute atomic E-state index is 11.5. The van der Waals surface area contributed by atoms with Gasteiger partial charge in [-0.05, 0) is 25.0 Å². The molecule has 1 heterocycles. The van der Waals surface area contributed by atoms with Gasteiger partial charge >= 0.3 is 11.8 Å². The standard InChI is InChI=1S/C15H19N3O3/c1-10(19)8-18-15(21)14(20)16-7-6-11-9-17-13-5-3-2-4-12(11)13/h2-5,9-10,17,19H,6-8H2,1H3,(H,16,20)(H,18,21)/t10-/m1/s1. The molecular weight excluding hydrogens is 270 g/mol. The van der Waals surface area contributed by atoms with Gasteiger partial charge in [0.15, 0.2) is 0 Å². The summed E-state index contributed by atoms with van der Waals surface area (Å²) in [5.41, 5.74) is 2.14. The van der Waals surface area contributed by atoms with Crippen molar-refractivity contribution in [3.8, 4) is 0 Å². The molecule has 6 heteroatoms. The summed E-state index contributed by atoms with van der Waals surface area (Å²) in [5, 5.41) is 15.1. The van der Waals surface area contributed by atoms with E-state index in [1.165, 1.54) is 6.92 Å². The van der Waals surface area contributed by atoms with E-state index < -0.39 is 17.9 Å². The molecule has 4 N–H and O–H groups in total. The molecule has 0 fully saturated rings. The van der Waals surface area contributed by atoms with Crippen molar-refractivity contribution < 1.29 is 14.7 Å². The van der Waals surface area contributed by atoms with E-state index in [0.29, 0.717) is 13.0 Å². The van der Waals surface area contributed by atoms with Crippen LogP contribution in [0.1, 0.15) is 12.5 Å². The minimum absolute atomic E-state index is 0.0642. The highest BCUT2D eigenvalue weighted by atomic mass is 16.3. The SMILES string of the molecule is C[C@@H](O)CNC(=O)C(=O)NCCc1c[nH]c2ccccc12. The van der Waals surface area contributed by atoms with Gasteiger partial charge in [-0.15, -0.1) is 0 Å². The number of rotatable bonds is 5. The minimum Gasteiger partial charge on any atom is -0.392 e. The van der Waals surface area contributed by atoms with E-state index in [1.54, 1.807) is 0 Å². The fraction of sp³-hybridized carbons (Fsp3) is 0.333. The molecular formula is C15H19N3O3. The second-order valence-electron chi connectivity index (χ2n) is 4.92. The summed E-state index contributed by atoms with van der Waals surface area (Å²) in [5.74, 6) is -1.41. The van der Waals surface area contributed by atoms with Gasteiger partial charge in [0.1, 0.15) is 0 Å². The van der Waals surface area contributed by atoms with E-state index in [2.05, 4.69) is 15.6 Å². The third kappa shape index (κ3) is 4.06. The van der Waals surface area contributed by atoms with Crippen LogP contribution in [-0.4, -0.2) is 41.1 Å². The Kier molecular flexibility index (Phi) is 4.94. The first-order valence-corrected chi connectivity index (χ1v) is 6.87. The van der Waals surface area contributed by atoms with Crippen molar-refractivity contribution in [3.05, 3.63) is 36.0 Å². The molecule has 0 saturated heterocycles. The Hall–Kier alpha value is -2.34. The fourth-order valence-electron chi connectivity index (χ4n) is 2.05. The van der Waals surface area contributed by atoms with E-state index in [9.17, 15) is 9.59 Å². The quantitative estimate of drug-likeness (QED) is 0.597. The van der Waals surface area contributed by atoms with Gasteiger partial charge in [0, 0.05) is 30.2 Å². The number of aromatic nitrogens is 1. The van der Waals surface area contributed by atoms with E-state index in [0.717, 1.165) is 16.5 Å². The first-order valence-electron chi connectivity index (χ1n) is 6.87. The molecule has 21 heavy (non-hydrogen) atoms. The van der Waals surface area contributed by atoms with Crippen LogP contribution in [0.15, 0.2) is 30.5 Å². The van der Waals surface area contributed by atoms with Gasteiger partial charge in [-0.1, -0.05) is 18.2 Å². The van der Waals surface area contributed by atoms with Crippen LogP contribution in [-0.2, 0) is 16.0 Å². The number of aliphatic hydroxyl groups excluding tert-OH is 1. The van der Waals surface area contributed by atoms with Gasteiger partial charge < -0.3 is 20.7 Å². The number of fused-ring (bicyclic) bond motifs is 1. The Bertz CT molecular complexity index is 634. The average molecular weight is 289 g/mol. The van der Waals surface area contributed by atoms with Crippen LogP contribution in [0, 0.1) is 0 Å². The van der Waals surface area contributed by atoms with Crippen LogP contribution in [0.5, 0.6) is 0 Å². The van der Waals surface area contributed by atoms with Crippen LogP contribution < -0.4 is 10.6 Å². The lowest BCUT2D eigenvalue weighted by Gasteiger charge is -2.07. The number of hydrogen-bond acceptors (Lipinski definition) is 3. The molecule has 0 aliphatic carbocycles. The lowest BCUT2D eigenvalue weighted by atomic mass is 10.1. The number of aromatic amines is 1. The molecule has 112 valence electrons. The average Bonchev–Trinajstić information content (AvgIpc) is 2.88. The lowest BCUT2D eigenvalue weighted by Crippen LogP contribution is -2.42. The van der Waals surface area contributed by atoms with Crippen molar-refractivity contribution in [3.63, 3.8) is 0 Å². The molecule has 2 aromatic rings. The number of hydrogen-bond donors (Lipinski definition) is 4. The van der Waals surface area contributed by atoms with E-state index >= 15 is 0 Å². The van der Waals surface area contributed by atoms with Gasteiger partial charge in [-0.25, -0.2) is 0 Å². The predicted molar refractivity (Wildman–Crippen MR) is 79.7 cm³/mol. The summed E-state index contributed by atoms with van der Waals surface area (Å²) >= 11 is 0. The Morgan fingerprint density at radius 2 is 1.95 bits per heavy atom. The van der Waals surface area contributed by atoms with Crippen LogP contribution in [0.4, 0.5) is 0 Å². The molecule has 0 spiro atoms. The molecule has 1 atom stereocenters. The topological polar surface area (TPSA) is 94.2 Å². The highest BCUT2D eigenvalue weighted by Gasteiger charge is 2.13. The van der Waals surface area contributed by atoms with Crippen molar-refractivity contribution in [1.82, 2.24) is 15.6 Å². The van der Waals surface area contributed by atoms with Gasteiger partial charge in [-0.3, -0.25) is 9.59 Å². The van der Waals surface area contributed by atoms with Crippen LogP contribution in [0.25, 0.3) is 10.9 Å². The van der Waals surface area contributed by atoms with Crippen molar-refractivity contribution in [1.29, 1.82) is 0 Å². The first-order chi connectivity index (χ1) is 10.1. The Morgan fingerprint density at radius 1 is 1.24 bits per heavy atom. The highest BCUT2D eigenvalue weighted by molar-refractivity contribution is 6.35. The maximum atomic E-state index is 11.5. The third-order valence-corrected chi connectivity index (χ3v) is 3.12. The van der Waals surface area contributed by atoms with Crippen LogP contribution in [0.2, 0.25) is 0 Å². The second-order valence-corrected chi connectivity index (χ2v) is 4.92. The van der Waals surface area contributed by atoms with E-state index in [4.69, 9.17) is 5.11 Å².